The van der Waals surface area contributed by atoms with Crippen LogP contribution in [0.5, 0.6) is 11.5 Å². The molecule has 0 bridgehead atoms. The third-order valence-corrected chi connectivity index (χ3v) is 4.61. The van der Waals surface area contributed by atoms with Crippen molar-refractivity contribution in [1.82, 2.24) is 0 Å². The summed E-state index contributed by atoms with van der Waals surface area (Å²) in [7, 11) is 0. The van der Waals surface area contributed by atoms with E-state index in [1.165, 1.54) is 0 Å². The molecule has 3 aromatic carbocycles. The molecule has 0 aromatic heterocycles. The monoisotopic (exact) mass is 424 g/mol. The molecule has 3 aromatic rings. The van der Waals surface area contributed by atoms with Gasteiger partial charge in [-0.1, -0.05) is 55.1 Å². The number of esters is 1. The first kappa shape index (κ1) is 22.6. The Morgan fingerprint density at radius 3 is 1.68 bits per heavy atom. The Bertz CT molecular complexity index is 956. The maximum absolute atomic E-state index is 10.9. The van der Waals surface area contributed by atoms with Crippen LogP contribution < -0.4 is 9.47 Å². The van der Waals surface area contributed by atoms with Gasteiger partial charge in [0.15, 0.2) is 0 Å². The lowest BCUT2D eigenvalue weighted by atomic mass is 10.0. The second kappa shape index (κ2) is 11.9. The van der Waals surface area contributed by atoms with Crippen molar-refractivity contribution in [2.24, 2.45) is 0 Å². The number of hydrogen-bond donors (Lipinski definition) is 0. The number of rotatable bonds is 13. The maximum atomic E-state index is 10.9. The molecule has 0 aliphatic rings. The van der Waals surface area contributed by atoms with Crippen LogP contribution in [0, 0.1) is 0 Å². The van der Waals surface area contributed by atoms with E-state index >= 15 is 0 Å². The van der Waals surface area contributed by atoms with E-state index in [4.69, 9.17) is 23.7 Å². The summed E-state index contributed by atoms with van der Waals surface area (Å²) in [5.41, 5.74) is 0. The minimum absolute atomic E-state index is 0.200. The summed E-state index contributed by atoms with van der Waals surface area (Å²) in [6.07, 6.45) is 1.12. The highest BCUT2D eigenvalue weighted by Gasteiger charge is 2.15. The van der Waals surface area contributed by atoms with Crippen LogP contribution >= 0.6 is 0 Å². The highest BCUT2D eigenvalue weighted by atomic mass is 16.6. The summed E-state index contributed by atoms with van der Waals surface area (Å²) in [6, 6.07) is 16.2. The van der Waals surface area contributed by atoms with Crippen LogP contribution in [-0.4, -0.2) is 52.2 Å². The molecule has 0 spiro atoms. The highest BCUT2D eigenvalue weighted by molar-refractivity contribution is 6.11. The van der Waals surface area contributed by atoms with E-state index in [9.17, 15) is 4.79 Å². The fourth-order valence-corrected chi connectivity index (χ4v) is 3.29. The Morgan fingerprint density at radius 1 is 0.742 bits per heavy atom. The standard InChI is InChI=1S/C25H28O6/c1-3-23(26)30-17-15-27-13-14-28-16-18-31-25-21-11-7-5-9-19(21)24(29-4-2)20-10-6-8-12-22(20)25/h3,5-12H,1,4,13-18H2,2H3. The number of carbonyl (C=O) groups excluding carboxylic acids is 1. The minimum Gasteiger partial charge on any atom is -0.493 e. The number of benzene rings is 3. The van der Waals surface area contributed by atoms with E-state index < -0.39 is 5.97 Å². The highest BCUT2D eigenvalue weighted by Crippen LogP contribution is 2.42. The fourth-order valence-electron chi connectivity index (χ4n) is 3.29. The zero-order valence-electron chi connectivity index (χ0n) is 17.8. The minimum atomic E-state index is -0.452. The van der Waals surface area contributed by atoms with Crippen molar-refractivity contribution >= 4 is 27.5 Å². The van der Waals surface area contributed by atoms with Crippen LogP contribution in [-0.2, 0) is 19.0 Å². The molecule has 0 saturated carbocycles. The fraction of sp³-hybridized carbons (Fsp3) is 0.320. The largest absolute Gasteiger partial charge is 0.493 e. The average molecular weight is 424 g/mol. The molecular formula is C25H28O6. The molecule has 31 heavy (non-hydrogen) atoms. The number of fused-ring (bicyclic) bond motifs is 2. The molecule has 0 aliphatic carbocycles. The van der Waals surface area contributed by atoms with E-state index in [2.05, 4.69) is 18.7 Å². The van der Waals surface area contributed by atoms with Crippen LogP contribution in [0.1, 0.15) is 6.92 Å². The van der Waals surface area contributed by atoms with Crippen molar-refractivity contribution < 1.29 is 28.5 Å². The molecule has 0 amide bonds. The topological polar surface area (TPSA) is 63.2 Å². The van der Waals surface area contributed by atoms with Crippen LogP contribution in [0.3, 0.4) is 0 Å². The van der Waals surface area contributed by atoms with E-state index in [1.54, 1.807) is 0 Å². The first-order chi connectivity index (χ1) is 15.3. The van der Waals surface area contributed by atoms with Gasteiger partial charge in [0.05, 0.1) is 33.0 Å². The van der Waals surface area contributed by atoms with Gasteiger partial charge in [-0.25, -0.2) is 4.79 Å². The first-order valence-electron chi connectivity index (χ1n) is 10.4. The van der Waals surface area contributed by atoms with Gasteiger partial charge in [0, 0.05) is 27.6 Å². The van der Waals surface area contributed by atoms with Crippen LogP contribution in [0.15, 0.2) is 61.2 Å². The molecule has 0 atom stereocenters. The average Bonchev–Trinajstić information content (AvgIpc) is 2.81. The van der Waals surface area contributed by atoms with E-state index in [0.29, 0.717) is 39.6 Å². The molecule has 0 saturated heterocycles. The summed E-state index contributed by atoms with van der Waals surface area (Å²) < 4.78 is 27.9. The summed E-state index contributed by atoms with van der Waals surface area (Å²) in [5.74, 6) is 1.26. The Hall–Kier alpha value is -3.09. The van der Waals surface area contributed by atoms with Crippen molar-refractivity contribution in [3.63, 3.8) is 0 Å². The van der Waals surface area contributed by atoms with Gasteiger partial charge in [0.1, 0.15) is 24.7 Å². The smallest absolute Gasteiger partial charge is 0.330 e. The van der Waals surface area contributed by atoms with Crippen LogP contribution in [0.4, 0.5) is 0 Å². The Morgan fingerprint density at radius 2 is 1.19 bits per heavy atom. The van der Waals surface area contributed by atoms with Gasteiger partial charge < -0.3 is 23.7 Å². The molecule has 0 fully saturated rings. The molecule has 0 aliphatic heterocycles. The maximum Gasteiger partial charge on any atom is 0.330 e. The molecule has 3 rings (SSSR count). The molecule has 0 N–H and O–H groups in total. The number of hydrogen-bond acceptors (Lipinski definition) is 6. The van der Waals surface area contributed by atoms with Gasteiger partial charge in [-0.05, 0) is 6.92 Å². The quantitative estimate of drug-likeness (QED) is 0.174. The Labute approximate surface area is 182 Å². The molecule has 6 nitrogen and oxygen atoms in total. The van der Waals surface area contributed by atoms with Gasteiger partial charge in [-0.15, -0.1) is 0 Å². The summed E-state index contributed by atoms with van der Waals surface area (Å²) in [4.78, 5) is 10.9. The zero-order chi connectivity index (χ0) is 21.9. The van der Waals surface area contributed by atoms with Crippen molar-refractivity contribution in [2.45, 2.75) is 6.92 Å². The molecule has 0 heterocycles. The number of ether oxygens (including phenoxy) is 5. The zero-order valence-corrected chi connectivity index (χ0v) is 17.8. The normalized spacial score (nSPS) is 10.9. The third kappa shape index (κ3) is 5.96. The van der Waals surface area contributed by atoms with Crippen molar-refractivity contribution in [1.29, 1.82) is 0 Å². The molecule has 6 heteroatoms. The van der Waals surface area contributed by atoms with Crippen molar-refractivity contribution in [2.75, 3.05) is 46.2 Å². The Balaban J connectivity index is 1.55. The van der Waals surface area contributed by atoms with Crippen molar-refractivity contribution in [3.8, 4) is 11.5 Å². The molecular weight excluding hydrogens is 396 g/mol. The van der Waals surface area contributed by atoms with Gasteiger partial charge in [0.2, 0.25) is 0 Å². The van der Waals surface area contributed by atoms with E-state index in [1.807, 2.05) is 43.3 Å². The van der Waals surface area contributed by atoms with Gasteiger partial charge in [0.25, 0.3) is 0 Å². The van der Waals surface area contributed by atoms with E-state index in [-0.39, 0.29) is 6.61 Å². The summed E-state index contributed by atoms with van der Waals surface area (Å²) in [6.45, 7) is 8.14. The van der Waals surface area contributed by atoms with Crippen molar-refractivity contribution in [3.05, 3.63) is 61.2 Å². The van der Waals surface area contributed by atoms with Crippen LogP contribution in [0.25, 0.3) is 21.5 Å². The first-order valence-corrected chi connectivity index (χ1v) is 10.4. The predicted molar refractivity (Wildman–Crippen MR) is 121 cm³/mol. The number of carbonyl (C=O) groups is 1. The Kier molecular flexibility index (Phi) is 8.70. The van der Waals surface area contributed by atoms with Gasteiger partial charge in [-0.2, -0.15) is 0 Å². The van der Waals surface area contributed by atoms with Gasteiger partial charge >= 0.3 is 5.97 Å². The molecule has 0 unspecified atom stereocenters. The van der Waals surface area contributed by atoms with Crippen LogP contribution in [0.2, 0.25) is 0 Å². The third-order valence-electron chi connectivity index (χ3n) is 4.61. The lowest BCUT2D eigenvalue weighted by Gasteiger charge is -2.17. The SMILES string of the molecule is C=CC(=O)OCCOCCOCCOc1c2ccccc2c(OCC)c2ccccc12. The predicted octanol–water partition coefficient (Wildman–Crippen LogP) is 4.53. The summed E-state index contributed by atoms with van der Waals surface area (Å²) >= 11 is 0. The molecule has 164 valence electrons. The molecule has 0 radical (unpaired) electrons. The second-order valence-electron chi connectivity index (χ2n) is 6.63. The second-order valence-corrected chi connectivity index (χ2v) is 6.63. The summed E-state index contributed by atoms with van der Waals surface area (Å²) in [5, 5.41) is 4.10. The lowest BCUT2D eigenvalue weighted by molar-refractivity contribution is -0.139. The van der Waals surface area contributed by atoms with Gasteiger partial charge in [-0.3, -0.25) is 0 Å². The lowest BCUT2D eigenvalue weighted by Crippen LogP contribution is -2.13. The van der Waals surface area contributed by atoms with E-state index in [0.717, 1.165) is 39.1 Å².